The number of aryl methyl sites for hydroxylation is 1. The van der Waals surface area contributed by atoms with E-state index < -0.39 is 11.8 Å². The van der Waals surface area contributed by atoms with Crippen LogP contribution in [-0.4, -0.2) is 20.0 Å². The van der Waals surface area contributed by atoms with Gasteiger partial charge >= 0.3 is 0 Å². The van der Waals surface area contributed by atoms with E-state index in [4.69, 9.17) is 11.6 Å². The fraction of sp³-hybridized carbons (Fsp3) is 0.250. The number of benzene rings is 3. The van der Waals surface area contributed by atoms with E-state index in [1.54, 1.807) is 29.1 Å². The van der Waals surface area contributed by atoms with Crippen molar-refractivity contribution in [1.29, 1.82) is 5.26 Å². The molecule has 0 aliphatic heterocycles. The van der Waals surface area contributed by atoms with Crippen molar-refractivity contribution < 1.29 is 5.76 Å². The summed E-state index contributed by atoms with van der Waals surface area (Å²) < 4.78 is 25.2. The number of hydrogen-bond acceptors (Lipinski definition) is 6. The largest absolute Gasteiger partial charge is 0.377 e. The van der Waals surface area contributed by atoms with Crippen molar-refractivity contribution in [3.8, 4) is 6.07 Å². The second kappa shape index (κ2) is 11.2. The molecule has 1 aliphatic carbocycles. The Balaban J connectivity index is 1.46. The lowest BCUT2D eigenvalue weighted by molar-refractivity contribution is 0.610. The quantitative estimate of drug-likeness (QED) is 0.188. The lowest BCUT2D eigenvalue weighted by Crippen LogP contribution is -2.14. The van der Waals surface area contributed by atoms with Gasteiger partial charge in [-0.25, -0.2) is 9.07 Å². The molecule has 0 radical (unpaired) electrons. The minimum atomic E-state index is -1.61. The van der Waals surface area contributed by atoms with E-state index in [9.17, 15) is 11.0 Å². The van der Waals surface area contributed by atoms with Crippen molar-refractivity contribution in [2.24, 2.45) is 0 Å². The predicted molar refractivity (Wildman–Crippen MR) is 159 cm³/mol. The summed E-state index contributed by atoms with van der Waals surface area (Å²) in [5.74, 6) is -0.401. The first-order chi connectivity index (χ1) is 20.3. The maximum absolute atomic E-state index is 13.9. The van der Waals surface area contributed by atoms with E-state index in [1.807, 2.05) is 25.1 Å². The highest BCUT2D eigenvalue weighted by Gasteiger charge is 2.27. The number of pyridine rings is 1. The Morgan fingerprint density at radius 3 is 2.66 bits per heavy atom. The summed E-state index contributed by atoms with van der Waals surface area (Å²) in [7, 11) is 0. The summed E-state index contributed by atoms with van der Waals surface area (Å²) in [5.41, 5.74) is 5.13. The molecule has 5 aromatic rings. The molecule has 3 aromatic carbocycles. The second-order valence-electron chi connectivity index (χ2n) is 10.4. The van der Waals surface area contributed by atoms with E-state index in [0.29, 0.717) is 44.1 Å². The molecule has 2 aromatic heterocycles. The highest BCUT2D eigenvalue weighted by atomic mass is 35.5. The van der Waals surface area contributed by atoms with Crippen LogP contribution in [0, 0.1) is 24.1 Å². The first kappa shape index (κ1) is 25.5. The van der Waals surface area contributed by atoms with Crippen LogP contribution in [0.2, 0.25) is 5.02 Å². The Kier molecular flexibility index (Phi) is 6.95. The number of nitrogens with zero attached hydrogens (tertiary/aromatic N) is 5. The zero-order valence-corrected chi connectivity index (χ0v) is 23.5. The number of nitrogens with one attached hydrogen (secondary N) is 2. The van der Waals surface area contributed by atoms with E-state index in [-0.39, 0.29) is 12.1 Å². The molecule has 2 heterocycles. The molecule has 6 rings (SSSR count). The van der Waals surface area contributed by atoms with Crippen LogP contribution >= 0.6 is 11.6 Å². The topological polar surface area (TPSA) is 91.5 Å². The molecule has 1 aliphatic rings. The predicted octanol–water partition coefficient (Wildman–Crippen LogP) is 7.90. The molecule has 1 fully saturated rings. The van der Waals surface area contributed by atoms with E-state index >= 15 is 0 Å². The Morgan fingerprint density at radius 1 is 1.15 bits per heavy atom. The number of hydrogen-bond donors (Lipinski definition) is 2. The van der Waals surface area contributed by atoms with Gasteiger partial charge in [-0.15, -0.1) is 5.10 Å². The van der Waals surface area contributed by atoms with Crippen molar-refractivity contribution in [3.63, 3.8) is 0 Å². The molecule has 0 amide bonds. The minimum Gasteiger partial charge on any atom is -0.377 e. The van der Waals surface area contributed by atoms with Crippen LogP contribution in [0.25, 0.3) is 10.9 Å². The normalized spacial score (nSPS) is 15.5. The molecule has 0 spiro atoms. The van der Waals surface area contributed by atoms with Gasteiger partial charge in [0.1, 0.15) is 17.6 Å². The molecule has 2 N–H and O–H groups in total. The maximum atomic E-state index is 13.9. The molecule has 9 heteroatoms. The number of nitriles is 1. The van der Waals surface area contributed by atoms with Crippen LogP contribution < -0.4 is 10.6 Å². The fourth-order valence-corrected chi connectivity index (χ4v) is 5.28. The lowest BCUT2D eigenvalue weighted by atomic mass is 10.00. The van der Waals surface area contributed by atoms with Crippen molar-refractivity contribution in [2.45, 2.75) is 51.2 Å². The third-order valence-corrected chi connectivity index (χ3v) is 7.59. The van der Waals surface area contributed by atoms with Gasteiger partial charge in [0.25, 0.3) is 0 Å². The lowest BCUT2D eigenvalue weighted by Gasteiger charge is -2.23. The average Bonchev–Trinajstić information content (AvgIpc) is 3.71. The summed E-state index contributed by atoms with van der Waals surface area (Å²) in [6.07, 6.45) is 6.10. The summed E-state index contributed by atoms with van der Waals surface area (Å²) in [4.78, 5) is 4.49. The molecule has 7 nitrogen and oxygen atoms in total. The van der Waals surface area contributed by atoms with Crippen LogP contribution in [0.15, 0.2) is 73.1 Å². The van der Waals surface area contributed by atoms with Crippen LogP contribution in [0.3, 0.4) is 0 Å². The molecule has 2 unspecified atom stereocenters. The smallest absolute Gasteiger partial charge is 0.123 e. The van der Waals surface area contributed by atoms with Gasteiger partial charge in [-0.2, -0.15) is 5.26 Å². The minimum absolute atomic E-state index is 0.0649. The van der Waals surface area contributed by atoms with Gasteiger partial charge in [0.05, 0.1) is 47.5 Å². The van der Waals surface area contributed by atoms with Crippen LogP contribution in [0.5, 0.6) is 0 Å². The first-order valence-electron chi connectivity index (χ1n) is 14.1. The second-order valence-corrected chi connectivity index (χ2v) is 10.8. The van der Waals surface area contributed by atoms with Crippen molar-refractivity contribution >= 4 is 33.9 Å². The zero-order chi connectivity index (χ0) is 29.4. The summed E-state index contributed by atoms with van der Waals surface area (Å²) in [6.45, 7) is 4.13. The number of fused-ring (bicyclic) bond motifs is 1. The van der Waals surface area contributed by atoms with Gasteiger partial charge in [0.2, 0.25) is 0 Å². The standard InChI is InChI=1S/C32H29ClFN7/c1-3-28(21-6-4-5-19(2)13-21)38-30-22(16-35)17-36-32-26(30)14-24(15-27(32)33)37-31(20-7-9-23(34)10-8-20)29-18-41(40-39-29)25-11-12-25/h4-10,13-15,17-18,25,28,31,37H,3,11-12H2,1-2H3,(H,36,38)/i31D. The molecule has 2 atom stereocenters. The molecule has 0 saturated heterocycles. The van der Waals surface area contributed by atoms with Gasteiger partial charge in [-0.3, -0.25) is 4.98 Å². The Bertz CT molecular complexity index is 1810. The van der Waals surface area contributed by atoms with Crippen LogP contribution in [0.1, 0.15) is 73.6 Å². The van der Waals surface area contributed by atoms with E-state index in [0.717, 1.165) is 30.4 Å². The van der Waals surface area contributed by atoms with Crippen molar-refractivity contribution in [1.82, 2.24) is 20.0 Å². The average molecular weight is 567 g/mol. The molecular weight excluding hydrogens is 537 g/mol. The van der Waals surface area contributed by atoms with Crippen LogP contribution in [0.4, 0.5) is 15.8 Å². The monoisotopic (exact) mass is 566 g/mol. The molecule has 206 valence electrons. The third kappa shape index (κ3) is 5.59. The Hall–Kier alpha value is -4.48. The first-order valence-corrected chi connectivity index (χ1v) is 14.0. The van der Waals surface area contributed by atoms with Crippen molar-refractivity contribution in [3.05, 3.63) is 112 Å². The highest BCUT2D eigenvalue weighted by Crippen LogP contribution is 2.38. The summed E-state index contributed by atoms with van der Waals surface area (Å²) >= 11 is 6.78. The van der Waals surface area contributed by atoms with Crippen molar-refractivity contribution in [2.75, 3.05) is 10.6 Å². The summed E-state index contributed by atoms with van der Waals surface area (Å²) in [5, 5.41) is 26.5. The van der Waals surface area contributed by atoms with Gasteiger partial charge in [0.15, 0.2) is 0 Å². The van der Waals surface area contributed by atoms with Gasteiger partial charge in [-0.1, -0.05) is 65.7 Å². The number of rotatable bonds is 9. The third-order valence-electron chi connectivity index (χ3n) is 7.31. The molecule has 41 heavy (non-hydrogen) atoms. The zero-order valence-electron chi connectivity index (χ0n) is 23.7. The van der Waals surface area contributed by atoms with E-state index in [2.05, 4.69) is 51.1 Å². The van der Waals surface area contributed by atoms with Gasteiger partial charge < -0.3 is 10.6 Å². The van der Waals surface area contributed by atoms with Gasteiger partial charge in [0, 0.05) is 17.3 Å². The molecule has 0 bridgehead atoms. The Morgan fingerprint density at radius 2 is 1.95 bits per heavy atom. The summed E-state index contributed by atoms with van der Waals surface area (Å²) in [6, 6.07) is 18.4. The van der Waals surface area contributed by atoms with Crippen LogP contribution in [-0.2, 0) is 0 Å². The van der Waals surface area contributed by atoms with E-state index in [1.165, 1.54) is 18.3 Å². The maximum Gasteiger partial charge on any atom is 0.123 e. The molecular formula is C32H29ClFN7. The molecule has 1 saturated carbocycles. The fourth-order valence-electron chi connectivity index (χ4n) is 5.01. The Labute approximate surface area is 244 Å². The SMILES string of the molecule is [2H]C(Nc1cc(Cl)c2ncc(C#N)c(NC(CC)c3cccc(C)c3)c2c1)(c1ccc(F)cc1)c1cn(C2CC2)nn1. The number of halogens is 2. The number of aromatic nitrogens is 4. The van der Waals surface area contributed by atoms with Gasteiger partial charge in [-0.05, 0) is 61.6 Å². The number of anilines is 2. The highest BCUT2D eigenvalue weighted by molar-refractivity contribution is 6.35.